The Kier molecular flexibility index (Phi) is 4.40. The Morgan fingerprint density at radius 1 is 1.24 bits per heavy atom. The molecule has 21 heavy (non-hydrogen) atoms. The third kappa shape index (κ3) is 3.29. The van der Waals surface area contributed by atoms with Crippen molar-refractivity contribution in [3.63, 3.8) is 0 Å². The van der Waals surface area contributed by atoms with Crippen LogP contribution in [0.4, 0.5) is 0 Å². The van der Waals surface area contributed by atoms with E-state index in [0.717, 1.165) is 11.3 Å². The molecule has 0 aliphatic rings. The molecule has 0 bridgehead atoms. The monoisotopic (exact) mass is 287 g/mol. The van der Waals surface area contributed by atoms with E-state index in [1.807, 2.05) is 13.8 Å². The summed E-state index contributed by atoms with van der Waals surface area (Å²) in [6.07, 6.45) is 0. The fourth-order valence-corrected chi connectivity index (χ4v) is 2.58. The zero-order valence-corrected chi connectivity index (χ0v) is 13.2. The highest BCUT2D eigenvalue weighted by Crippen LogP contribution is 2.20. The topological polar surface area (TPSA) is 57.0 Å². The van der Waals surface area contributed by atoms with E-state index in [1.54, 1.807) is 4.68 Å². The highest BCUT2D eigenvalue weighted by atomic mass is 16.5. The lowest BCUT2D eigenvalue weighted by atomic mass is 10.1. The standard InChI is InChI=1S/C16H21N3O2/c1-10(2)15-14(16(20)21-5)17-18-19(15)9-13-7-11(3)6-12(4)8-13/h6-8,10H,9H2,1-5H3. The van der Waals surface area contributed by atoms with Gasteiger partial charge in [0.25, 0.3) is 0 Å². The van der Waals surface area contributed by atoms with Crippen LogP contribution in [0.1, 0.15) is 52.6 Å². The van der Waals surface area contributed by atoms with Gasteiger partial charge in [-0.05, 0) is 25.3 Å². The van der Waals surface area contributed by atoms with E-state index < -0.39 is 5.97 Å². The van der Waals surface area contributed by atoms with Crippen molar-refractivity contribution < 1.29 is 9.53 Å². The molecule has 0 atom stereocenters. The van der Waals surface area contributed by atoms with E-state index in [4.69, 9.17) is 4.74 Å². The van der Waals surface area contributed by atoms with Crippen LogP contribution in [0, 0.1) is 13.8 Å². The molecule has 0 aliphatic heterocycles. The molecule has 0 saturated heterocycles. The Labute approximate surface area is 124 Å². The fraction of sp³-hybridized carbons (Fsp3) is 0.438. The number of hydrogen-bond acceptors (Lipinski definition) is 4. The van der Waals surface area contributed by atoms with Gasteiger partial charge in [-0.25, -0.2) is 9.48 Å². The first-order valence-corrected chi connectivity index (χ1v) is 7.01. The minimum atomic E-state index is -0.439. The Hall–Kier alpha value is -2.17. The van der Waals surface area contributed by atoms with Gasteiger partial charge in [0.1, 0.15) is 0 Å². The van der Waals surface area contributed by atoms with E-state index in [1.165, 1.54) is 18.2 Å². The van der Waals surface area contributed by atoms with Gasteiger partial charge in [0.05, 0.1) is 19.3 Å². The van der Waals surface area contributed by atoms with Gasteiger partial charge >= 0.3 is 5.97 Å². The molecule has 0 fully saturated rings. The number of nitrogens with zero attached hydrogens (tertiary/aromatic N) is 3. The maximum Gasteiger partial charge on any atom is 0.360 e. The van der Waals surface area contributed by atoms with Gasteiger partial charge in [0.2, 0.25) is 0 Å². The van der Waals surface area contributed by atoms with Gasteiger partial charge in [0, 0.05) is 0 Å². The molecule has 1 heterocycles. The number of aromatic nitrogens is 3. The van der Waals surface area contributed by atoms with Gasteiger partial charge in [-0.2, -0.15) is 0 Å². The normalized spacial score (nSPS) is 11.0. The number of aryl methyl sites for hydroxylation is 2. The molecule has 0 saturated carbocycles. The lowest BCUT2D eigenvalue weighted by molar-refractivity contribution is 0.0592. The Balaban J connectivity index is 2.40. The minimum Gasteiger partial charge on any atom is -0.464 e. The Morgan fingerprint density at radius 2 is 1.86 bits per heavy atom. The predicted molar refractivity (Wildman–Crippen MR) is 80.5 cm³/mol. The molecule has 112 valence electrons. The third-order valence-electron chi connectivity index (χ3n) is 3.31. The van der Waals surface area contributed by atoms with E-state index >= 15 is 0 Å². The van der Waals surface area contributed by atoms with Crippen molar-refractivity contribution >= 4 is 5.97 Å². The third-order valence-corrected chi connectivity index (χ3v) is 3.31. The molecule has 0 aliphatic carbocycles. The van der Waals surface area contributed by atoms with Crippen LogP contribution in [0.15, 0.2) is 18.2 Å². The van der Waals surface area contributed by atoms with Crippen molar-refractivity contribution in [3.8, 4) is 0 Å². The molecule has 2 rings (SSSR count). The first kappa shape index (κ1) is 15.2. The summed E-state index contributed by atoms with van der Waals surface area (Å²) in [5.41, 5.74) is 4.68. The van der Waals surface area contributed by atoms with Crippen molar-refractivity contribution in [2.45, 2.75) is 40.2 Å². The zero-order chi connectivity index (χ0) is 15.6. The van der Waals surface area contributed by atoms with Gasteiger partial charge in [-0.15, -0.1) is 5.10 Å². The van der Waals surface area contributed by atoms with Crippen LogP contribution < -0.4 is 0 Å². The predicted octanol–water partition coefficient (Wildman–Crippen LogP) is 2.85. The molecule has 1 aromatic heterocycles. The van der Waals surface area contributed by atoms with Crippen LogP contribution in [0.3, 0.4) is 0 Å². The smallest absolute Gasteiger partial charge is 0.360 e. The summed E-state index contributed by atoms with van der Waals surface area (Å²) in [6, 6.07) is 6.38. The number of hydrogen-bond donors (Lipinski definition) is 0. The van der Waals surface area contributed by atoms with Crippen molar-refractivity contribution in [2.24, 2.45) is 0 Å². The summed E-state index contributed by atoms with van der Waals surface area (Å²) in [4.78, 5) is 11.8. The van der Waals surface area contributed by atoms with Crippen LogP contribution in [0.25, 0.3) is 0 Å². The van der Waals surface area contributed by atoms with Crippen molar-refractivity contribution in [1.82, 2.24) is 15.0 Å². The van der Waals surface area contributed by atoms with Gasteiger partial charge < -0.3 is 4.74 Å². The number of carbonyl (C=O) groups is 1. The van der Waals surface area contributed by atoms with E-state index in [-0.39, 0.29) is 5.92 Å². The molecular formula is C16H21N3O2. The van der Waals surface area contributed by atoms with Crippen LogP contribution in [0.2, 0.25) is 0 Å². The van der Waals surface area contributed by atoms with E-state index in [2.05, 4.69) is 42.4 Å². The van der Waals surface area contributed by atoms with Gasteiger partial charge in [0.15, 0.2) is 5.69 Å². The first-order chi connectivity index (χ1) is 9.92. The summed E-state index contributed by atoms with van der Waals surface area (Å²) in [5, 5.41) is 8.11. The average molecular weight is 287 g/mol. The summed E-state index contributed by atoms with van der Waals surface area (Å²) >= 11 is 0. The SMILES string of the molecule is COC(=O)c1nnn(Cc2cc(C)cc(C)c2)c1C(C)C. The molecule has 2 aromatic rings. The Bertz CT molecular complexity index is 639. The van der Waals surface area contributed by atoms with Crippen molar-refractivity contribution in [3.05, 3.63) is 46.3 Å². The number of esters is 1. The van der Waals surface area contributed by atoms with Crippen LogP contribution in [-0.4, -0.2) is 28.1 Å². The second kappa shape index (κ2) is 6.08. The maximum absolute atomic E-state index is 11.8. The van der Waals surface area contributed by atoms with Crippen LogP contribution in [0.5, 0.6) is 0 Å². The molecule has 5 heteroatoms. The Morgan fingerprint density at radius 3 is 2.38 bits per heavy atom. The highest BCUT2D eigenvalue weighted by molar-refractivity contribution is 5.88. The van der Waals surface area contributed by atoms with Crippen LogP contribution in [-0.2, 0) is 11.3 Å². The van der Waals surface area contributed by atoms with Gasteiger partial charge in [-0.3, -0.25) is 0 Å². The number of ether oxygens (including phenoxy) is 1. The summed E-state index contributed by atoms with van der Waals surface area (Å²) in [5.74, 6) is -0.301. The van der Waals surface area contributed by atoms with E-state index in [9.17, 15) is 4.79 Å². The quantitative estimate of drug-likeness (QED) is 0.811. The lowest BCUT2D eigenvalue weighted by Crippen LogP contribution is -2.12. The molecule has 1 aromatic carbocycles. The number of benzene rings is 1. The molecule has 0 radical (unpaired) electrons. The number of methoxy groups -OCH3 is 1. The molecule has 0 spiro atoms. The second-order valence-electron chi connectivity index (χ2n) is 5.62. The number of rotatable bonds is 4. The minimum absolute atomic E-state index is 0.139. The summed E-state index contributed by atoms with van der Waals surface area (Å²) in [7, 11) is 1.36. The maximum atomic E-state index is 11.8. The largest absolute Gasteiger partial charge is 0.464 e. The first-order valence-electron chi connectivity index (χ1n) is 7.01. The van der Waals surface area contributed by atoms with Crippen LogP contribution >= 0.6 is 0 Å². The molecule has 0 amide bonds. The second-order valence-corrected chi connectivity index (χ2v) is 5.62. The molecule has 0 N–H and O–H groups in total. The fourth-order valence-electron chi connectivity index (χ4n) is 2.58. The van der Waals surface area contributed by atoms with E-state index in [0.29, 0.717) is 12.2 Å². The average Bonchev–Trinajstić information content (AvgIpc) is 2.80. The lowest BCUT2D eigenvalue weighted by Gasteiger charge is -2.11. The summed E-state index contributed by atoms with van der Waals surface area (Å²) < 4.78 is 6.56. The molecule has 0 unspecified atom stereocenters. The molecule has 5 nitrogen and oxygen atoms in total. The summed E-state index contributed by atoms with van der Waals surface area (Å²) in [6.45, 7) is 8.77. The zero-order valence-electron chi connectivity index (χ0n) is 13.2. The van der Waals surface area contributed by atoms with Gasteiger partial charge in [-0.1, -0.05) is 48.4 Å². The van der Waals surface area contributed by atoms with Crippen molar-refractivity contribution in [2.75, 3.05) is 7.11 Å². The highest BCUT2D eigenvalue weighted by Gasteiger charge is 2.22. The molecular weight excluding hydrogens is 266 g/mol. The van der Waals surface area contributed by atoms with Crippen molar-refractivity contribution in [1.29, 1.82) is 0 Å². The number of carbonyl (C=O) groups excluding carboxylic acids is 1.